The quantitative estimate of drug-likeness (QED) is 0.728. The highest BCUT2D eigenvalue weighted by Gasteiger charge is 2.38. The Labute approximate surface area is 142 Å². The van der Waals surface area contributed by atoms with Gasteiger partial charge >= 0.3 is 0 Å². The average molecular weight is 369 g/mol. The summed E-state index contributed by atoms with van der Waals surface area (Å²) in [6.45, 7) is 9.44. The van der Waals surface area contributed by atoms with Gasteiger partial charge in [0.25, 0.3) is 0 Å². The normalized spacial score (nSPS) is 21.0. The predicted molar refractivity (Wildman–Crippen MR) is 98.9 cm³/mol. The third kappa shape index (κ3) is 4.43. The molecule has 0 saturated heterocycles. The van der Waals surface area contributed by atoms with Crippen molar-refractivity contribution in [3.8, 4) is 0 Å². The van der Waals surface area contributed by atoms with Gasteiger partial charge in [-0.15, -0.1) is 0 Å². The summed E-state index contributed by atoms with van der Waals surface area (Å²) in [4.78, 5) is 0.444. The molecule has 0 aromatic heterocycles. The van der Waals surface area contributed by atoms with Crippen LogP contribution in [0, 0.1) is 10.8 Å². The number of nitrogens with one attached hydrogen (secondary N) is 1. The first kappa shape index (κ1) is 16.8. The highest BCUT2D eigenvalue weighted by Crippen LogP contribution is 2.46. The first-order valence-corrected chi connectivity index (χ1v) is 8.64. The van der Waals surface area contributed by atoms with E-state index in [0.29, 0.717) is 21.9 Å². The van der Waals surface area contributed by atoms with Crippen molar-refractivity contribution in [1.29, 1.82) is 0 Å². The molecule has 1 aromatic carbocycles. The van der Waals surface area contributed by atoms with E-state index in [1.807, 2.05) is 12.1 Å². The van der Waals surface area contributed by atoms with Crippen LogP contribution in [0.5, 0.6) is 0 Å². The van der Waals surface area contributed by atoms with Gasteiger partial charge in [-0.05, 0) is 48.3 Å². The Bertz CT molecular complexity index is 536. The first-order chi connectivity index (χ1) is 9.58. The molecular weight excluding hydrogens is 344 g/mol. The van der Waals surface area contributed by atoms with E-state index in [2.05, 4.69) is 55.0 Å². The molecule has 0 amide bonds. The Balaban J connectivity index is 2.25. The molecular formula is C17H25BrN2S. The van der Waals surface area contributed by atoms with Crippen LogP contribution in [-0.4, -0.2) is 11.0 Å². The molecule has 2 nitrogen and oxygen atoms in total. The van der Waals surface area contributed by atoms with Crippen LogP contribution in [0.15, 0.2) is 22.7 Å². The van der Waals surface area contributed by atoms with Crippen molar-refractivity contribution >= 4 is 38.8 Å². The number of thiocarbonyl (C=S) groups is 1. The van der Waals surface area contributed by atoms with Gasteiger partial charge in [0.05, 0.1) is 0 Å². The summed E-state index contributed by atoms with van der Waals surface area (Å²) in [5, 5.41) is 3.69. The largest absolute Gasteiger partial charge is 0.389 e. The van der Waals surface area contributed by atoms with E-state index in [1.54, 1.807) is 0 Å². The Hall–Kier alpha value is -0.610. The molecule has 0 radical (unpaired) electrons. The number of hydrogen-bond acceptors (Lipinski definition) is 2. The number of anilines is 1. The zero-order chi connectivity index (χ0) is 15.8. The summed E-state index contributed by atoms with van der Waals surface area (Å²) in [6, 6.07) is 6.48. The van der Waals surface area contributed by atoms with Crippen LogP contribution in [0.25, 0.3) is 0 Å². The molecule has 0 atom stereocenters. The van der Waals surface area contributed by atoms with Gasteiger partial charge in [-0.25, -0.2) is 0 Å². The van der Waals surface area contributed by atoms with E-state index in [1.165, 1.54) is 19.3 Å². The van der Waals surface area contributed by atoms with E-state index >= 15 is 0 Å². The van der Waals surface area contributed by atoms with Gasteiger partial charge in [-0.3, -0.25) is 0 Å². The van der Waals surface area contributed by atoms with Crippen LogP contribution in [0.1, 0.15) is 52.5 Å². The second-order valence-electron chi connectivity index (χ2n) is 7.81. The number of rotatable bonds is 3. The molecule has 1 aromatic rings. The van der Waals surface area contributed by atoms with Crippen LogP contribution in [-0.2, 0) is 0 Å². The Kier molecular flexibility index (Phi) is 4.69. The molecule has 0 spiro atoms. The molecule has 0 aliphatic heterocycles. The van der Waals surface area contributed by atoms with Crippen molar-refractivity contribution in [2.75, 3.05) is 5.32 Å². The minimum atomic E-state index is 0.356. The maximum Gasteiger partial charge on any atom is 0.106 e. The molecule has 116 valence electrons. The lowest BCUT2D eigenvalue weighted by molar-refractivity contribution is 0.105. The monoisotopic (exact) mass is 368 g/mol. The third-order valence-electron chi connectivity index (χ3n) is 4.16. The zero-order valence-electron chi connectivity index (χ0n) is 13.3. The molecule has 2 rings (SSSR count). The summed E-state index contributed by atoms with van der Waals surface area (Å²) in [7, 11) is 0. The lowest BCUT2D eigenvalue weighted by atomic mass is 9.63. The fourth-order valence-corrected chi connectivity index (χ4v) is 4.56. The molecule has 1 fully saturated rings. The topological polar surface area (TPSA) is 38.0 Å². The summed E-state index contributed by atoms with van der Waals surface area (Å²) in [5.41, 5.74) is 8.53. The molecule has 21 heavy (non-hydrogen) atoms. The average Bonchev–Trinajstić information content (AvgIpc) is 2.23. The van der Waals surface area contributed by atoms with Gasteiger partial charge < -0.3 is 11.1 Å². The van der Waals surface area contributed by atoms with E-state index in [0.717, 1.165) is 15.7 Å². The van der Waals surface area contributed by atoms with Crippen molar-refractivity contribution in [2.24, 2.45) is 16.6 Å². The smallest absolute Gasteiger partial charge is 0.106 e. The first-order valence-electron chi connectivity index (χ1n) is 7.44. The second-order valence-corrected chi connectivity index (χ2v) is 9.16. The summed E-state index contributed by atoms with van der Waals surface area (Å²) in [6.07, 6.45) is 3.60. The van der Waals surface area contributed by atoms with Crippen LogP contribution in [0.4, 0.5) is 5.69 Å². The fourth-order valence-electron chi connectivity index (χ4n) is 4.02. The lowest BCUT2D eigenvalue weighted by Crippen LogP contribution is -2.40. The molecule has 0 unspecified atom stereocenters. The molecule has 0 heterocycles. The van der Waals surface area contributed by atoms with Gasteiger partial charge in [0.1, 0.15) is 4.99 Å². The van der Waals surface area contributed by atoms with Crippen molar-refractivity contribution in [3.05, 3.63) is 28.2 Å². The third-order valence-corrected chi connectivity index (χ3v) is 4.87. The number of benzene rings is 1. The van der Waals surface area contributed by atoms with Gasteiger partial charge in [-0.2, -0.15) is 0 Å². The number of nitrogens with two attached hydrogens (primary N) is 1. The Morgan fingerprint density at radius 1 is 1.24 bits per heavy atom. The number of halogens is 1. The van der Waals surface area contributed by atoms with E-state index in [-0.39, 0.29) is 0 Å². The molecule has 0 bridgehead atoms. The van der Waals surface area contributed by atoms with E-state index in [4.69, 9.17) is 18.0 Å². The molecule has 1 aliphatic rings. The van der Waals surface area contributed by atoms with Crippen LogP contribution in [0.2, 0.25) is 0 Å². The minimum Gasteiger partial charge on any atom is -0.389 e. The van der Waals surface area contributed by atoms with Crippen molar-refractivity contribution < 1.29 is 0 Å². The standard InChI is InChI=1S/C17H25BrN2S/c1-16(2)8-12(9-17(3,4)10-16)20-14-7-11(18)5-6-13(14)15(19)21/h5-7,12,20H,8-10H2,1-4H3,(H2,19,21). The lowest BCUT2D eigenvalue weighted by Gasteiger charge is -2.45. The highest BCUT2D eigenvalue weighted by atomic mass is 79.9. The van der Waals surface area contributed by atoms with Gasteiger partial charge in [0.15, 0.2) is 0 Å². The van der Waals surface area contributed by atoms with Crippen LogP contribution in [0.3, 0.4) is 0 Å². The molecule has 1 aliphatic carbocycles. The molecule has 4 heteroatoms. The second kappa shape index (κ2) is 5.88. The SMILES string of the molecule is CC1(C)CC(Nc2cc(Br)ccc2C(N)=S)CC(C)(C)C1. The summed E-state index contributed by atoms with van der Waals surface area (Å²) >= 11 is 8.70. The highest BCUT2D eigenvalue weighted by molar-refractivity contribution is 9.10. The van der Waals surface area contributed by atoms with E-state index < -0.39 is 0 Å². The van der Waals surface area contributed by atoms with E-state index in [9.17, 15) is 0 Å². The van der Waals surface area contributed by atoms with Gasteiger partial charge in [-0.1, -0.05) is 55.8 Å². The summed E-state index contributed by atoms with van der Waals surface area (Å²) < 4.78 is 1.04. The van der Waals surface area contributed by atoms with Crippen molar-refractivity contribution in [3.63, 3.8) is 0 Å². The zero-order valence-corrected chi connectivity index (χ0v) is 15.7. The molecule has 1 saturated carbocycles. The Morgan fingerprint density at radius 3 is 2.33 bits per heavy atom. The number of hydrogen-bond donors (Lipinski definition) is 2. The van der Waals surface area contributed by atoms with Crippen molar-refractivity contribution in [1.82, 2.24) is 0 Å². The minimum absolute atomic E-state index is 0.356. The summed E-state index contributed by atoms with van der Waals surface area (Å²) in [5.74, 6) is 0. The van der Waals surface area contributed by atoms with Crippen LogP contribution >= 0.6 is 28.1 Å². The van der Waals surface area contributed by atoms with Gasteiger partial charge in [0.2, 0.25) is 0 Å². The van der Waals surface area contributed by atoms with Crippen molar-refractivity contribution in [2.45, 2.75) is 53.0 Å². The Morgan fingerprint density at radius 2 is 1.81 bits per heavy atom. The fraction of sp³-hybridized carbons (Fsp3) is 0.588. The maximum absolute atomic E-state index is 5.85. The van der Waals surface area contributed by atoms with Crippen LogP contribution < -0.4 is 11.1 Å². The molecule has 3 N–H and O–H groups in total. The maximum atomic E-state index is 5.85. The predicted octanol–water partition coefficient (Wildman–Crippen LogP) is 5.10. The van der Waals surface area contributed by atoms with Gasteiger partial charge in [0, 0.05) is 21.8 Å².